The molecule has 0 spiro atoms. The Morgan fingerprint density at radius 3 is 3.00 bits per heavy atom. The molecule has 0 nitrogen and oxygen atoms in total. The Balaban J connectivity index is 2.29. The van der Waals surface area contributed by atoms with Crippen molar-refractivity contribution in [1.82, 2.24) is 0 Å². The summed E-state index contributed by atoms with van der Waals surface area (Å²) in [6, 6.07) is 8.93. The number of rotatable bonds is 0. The van der Waals surface area contributed by atoms with Crippen molar-refractivity contribution < 1.29 is 0 Å². The molecule has 0 N–H and O–H groups in total. The Morgan fingerprint density at radius 2 is 2.08 bits per heavy atom. The standard InChI is InChI=1S/C11H7BrSe/c12-9-1-2-10-8(6-9)5-7-3-4-13-11(7)10/h1-4,6H,5H2. The number of halogens is 1. The fraction of sp³-hybridized carbons (Fsp3) is 0.0909. The number of hydrogen-bond acceptors (Lipinski definition) is 0. The maximum absolute atomic E-state index is 3.51. The van der Waals surface area contributed by atoms with Crippen molar-refractivity contribution in [3.05, 3.63) is 44.8 Å². The van der Waals surface area contributed by atoms with Crippen LogP contribution in [0.2, 0.25) is 0 Å². The molecule has 0 atom stereocenters. The molecule has 0 aliphatic heterocycles. The molecular formula is C11H7BrSe. The van der Waals surface area contributed by atoms with Gasteiger partial charge >= 0.3 is 91.7 Å². The number of benzene rings is 1. The summed E-state index contributed by atoms with van der Waals surface area (Å²) in [5.74, 6) is 0. The van der Waals surface area contributed by atoms with Crippen LogP contribution in [0.15, 0.2) is 33.7 Å². The van der Waals surface area contributed by atoms with Crippen LogP contribution in [-0.4, -0.2) is 14.5 Å². The van der Waals surface area contributed by atoms with Crippen molar-refractivity contribution in [2.24, 2.45) is 0 Å². The second-order valence-electron chi connectivity index (χ2n) is 3.25. The minimum atomic E-state index is 0.592. The van der Waals surface area contributed by atoms with Gasteiger partial charge in [0.25, 0.3) is 0 Å². The zero-order valence-electron chi connectivity index (χ0n) is 6.88. The molecule has 0 saturated heterocycles. The van der Waals surface area contributed by atoms with E-state index in [2.05, 4.69) is 45.1 Å². The van der Waals surface area contributed by atoms with E-state index in [9.17, 15) is 0 Å². The van der Waals surface area contributed by atoms with Gasteiger partial charge in [0.05, 0.1) is 0 Å². The van der Waals surface area contributed by atoms with E-state index in [1.165, 1.54) is 15.6 Å². The molecule has 0 unspecified atom stereocenters. The van der Waals surface area contributed by atoms with E-state index < -0.39 is 0 Å². The van der Waals surface area contributed by atoms with Gasteiger partial charge in [-0.05, 0) is 0 Å². The van der Waals surface area contributed by atoms with Gasteiger partial charge in [0.15, 0.2) is 0 Å². The first-order chi connectivity index (χ1) is 6.34. The van der Waals surface area contributed by atoms with E-state index in [4.69, 9.17) is 0 Å². The molecular weight excluding hydrogens is 291 g/mol. The Hall–Kier alpha value is -0.301. The van der Waals surface area contributed by atoms with E-state index >= 15 is 0 Å². The zero-order valence-corrected chi connectivity index (χ0v) is 10.2. The van der Waals surface area contributed by atoms with Crippen LogP contribution in [0.4, 0.5) is 0 Å². The monoisotopic (exact) mass is 298 g/mol. The van der Waals surface area contributed by atoms with Crippen molar-refractivity contribution in [2.75, 3.05) is 0 Å². The topological polar surface area (TPSA) is 0 Å². The molecule has 2 heteroatoms. The molecule has 13 heavy (non-hydrogen) atoms. The Kier molecular flexibility index (Phi) is 1.76. The van der Waals surface area contributed by atoms with Gasteiger partial charge in [0, 0.05) is 0 Å². The van der Waals surface area contributed by atoms with Crippen molar-refractivity contribution in [2.45, 2.75) is 6.42 Å². The summed E-state index contributed by atoms with van der Waals surface area (Å²) in [6.45, 7) is 0. The van der Waals surface area contributed by atoms with Gasteiger partial charge in [-0.25, -0.2) is 0 Å². The van der Waals surface area contributed by atoms with Crippen LogP contribution in [-0.2, 0) is 6.42 Å². The van der Waals surface area contributed by atoms with Crippen LogP contribution < -0.4 is 0 Å². The summed E-state index contributed by atoms with van der Waals surface area (Å²) in [7, 11) is 0. The fourth-order valence-electron chi connectivity index (χ4n) is 1.85. The molecule has 0 bridgehead atoms. The van der Waals surface area contributed by atoms with Crippen LogP contribution in [0.3, 0.4) is 0 Å². The third kappa shape index (κ3) is 1.17. The van der Waals surface area contributed by atoms with Gasteiger partial charge < -0.3 is 0 Å². The summed E-state index contributed by atoms with van der Waals surface area (Å²) in [5, 5.41) is 0. The SMILES string of the molecule is Brc1ccc2c(c1)Cc1cc[se]c1-2. The van der Waals surface area contributed by atoms with Gasteiger partial charge in [0.1, 0.15) is 0 Å². The number of fused-ring (bicyclic) bond motifs is 3. The Morgan fingerprint density at radius 1 is 1.15 bits per heavy atom. The van der Waals surface area contributed by atoms with Crippen molar-refractivity contribution in [3.63, 3.8) is 0 Å². The number of hydrogen-bond donors (Lipinski definition) is 0. The van der Waals surface area contributed by atoms with Crippen LogP contribution >= 0.6 is 15.9 Å². The van der Waals surface area contributed by atoms with Crippen LogP contribution in [0.1, 0.15) is 11.1 Å². The molecule has 64 valence electrons. The van der Waals surface area contributed by atoms with Gasteiger partial charge in [-0.2, -0.15) is 0 Å². The molecule has 1 aromatic carbocycles. The molecule has 3 rings (SSSR count). The summed E-state index contributed by atoms with van der Waals surface area (Å²) < 4.78 is 2.80. The van der Waals surface area contributed by atoms with Crippen LogP contribution in [0.5, 0.6) is 0 Å². The first kappa shape index (κ1) is 8.04. The summed E-state index contributed by atoms with van der Waals surface area (Å²) in [6.07, 6.45) is 1.14. The molecule has 1 aromatic heterocycles. The predicted molar refractivity (Wildman–Crippen MR) is 59.3 cm³/mol. The van der Waals surface area contributed by atoms with Crippen molar-refractivity contribution in [1.29, 1.82) is 0 Å². The Bertz CT molecular complexity index is 471. The molecule has 1 aliphatic rings. The van der Waals surface area contributed by atoms with E-state index in [-0.39, 0.29) is 0 Å². The summed E-state index contributed by atoms with van der Waals surface area (Å²) in [4.78, 5) is 2.32. The van der Waals surface area contributed by atoms with Crippen LogP contribution in [0.25, 0.3) is 10.0 Å². The second-order valence-corrected chi connectivity index (χ2v) is 6.09. The third-order valence-corrected chi connectivity index (χ3v) is 5.01. The van der Waals surface area contributed by atoms with Gasteiger partial charge in [-0.15, -0.1) is 0 Å². The van der Waals surface area contributed by atoms with E-state index in [0.717, 1.165) is 6.42 Å². The fourth-order valence-corrected chi connectivity index (χ4v) is 4.32. The van der Waals surface area contributed by atoms with E-state index in [1.54, 1.807) is 10.0 Å². The molecule has 0 fully saturated rings. The van der Waals surface area contributed by atoms with Crippen molar-refractivity contribution >= 4 is 30.4 Å². The quantitative estimate of drug-likeness (QED) is 0.560. The molecule has 1 heterocycles. The maximum atomic E-state index is 3.51. The molecule has 0 amide bonds. The normalized spacial score (nSPS) is 12.7. The molecule has 0 saturated carbocycles. The Labute approximate surface area is 91.5 Å². The van der Waals surface area contributed by atoms with Gasteiger partial charge in [0.2, 0.25) is 0 Å². The molecule has 0 radical (unpaired) electrons. The van der Waals surface area contributed by atoms with Crippen LogP contribution in [0, 0.1) is 0 Å². The summed E-state index contributed by atoms with van der Waals surface area (Å²) in [5.41, 5.74) is 4.53. The van der Waals surface area contributed by atoms with Gasteiger partial charge in [-0.1, -0.05) is 0 Å². The first-order valence-corrected chi connectivity index (χ1v) is 6.83. The second kappa shape index (κ2) is 2.84. The third-order valence-electron chi connectivity index (χ3n) is 2.44. The molecule has 1 aliphatic carbocycles. The molecule has 2 aromatic rings. The van der Waals surface area contributed by atoms with E-state index in [1.807, 2.05) is 0 Å². The average Bonchev–Trinajstić information content (AvgIpc) is 2.62. The van der Waals surface area contributed by atoms with Gasteiger partial charge in [-0.3, -0.25) is 0 Å². The summed E-state index contributed by atoms with van der Waals surface area (Å²) >= 11 is 4.10. The predicted octanol–water partition coefficient (Wildman–Crippen LogP) is 3.08. The first-order valence-electron chi connectivity index (χ1n) is 4.20. The minimum absolute atomic E-state index is 0.592. The zero-order chi connectivity index (χ0) is 8.84. The van der Waals surface area contributed by atoms with Crippen molar-refractivity contribution in [3.8, 4) is 10.0 Å². The van der Waals surface area contributed by atoms with E-state index in [0.29, 0.717) is 14.5 Å². The average molecular weight is 298 g/mol.